The topological polar surface area (TPSA) is 98.1 Å². The highest BCUT2D eigenvalue weighted by molar-refractivity contribution is 5.81. The molecule has 0 aliphatic carbocycles. The van der Waals surface area contributed by atoms with Gasteiger partial charge >= 0.3 is 0 Å². The van der Waals surface area contributed by atoms with Crippen LogP contribution in [0.3, 0.4) is 0 Å². The highest BCUT2D eigenvalue weighted by Crippen LogP contribution is 2.20. The van der Waals surface area contributed by atoms with E-state index >= 15 is 0 Å². The monoisotopic (exact) mass is 328 g/mol. The fourth-order valence-electron chi connectivity index (χ4n) is 2.85. The SMILES string of the molecule is c1cnc2c(Cn3nnc4ncc(-c5cn[nH]c5)nc43)cccc2c1. The van der Waals surface area contributed by atoms with E-state index in [9.17, 15) is 0 Å². The van der Waals surface area contributed by atoms with Crippen molar-refractivity contribution in [1.29, 1.82) is 0 Å². The van der Waals surface area contributed by atoms with Crippen LogP contribution < -0.4 is 0 Å². The number of fused-ring (bicyclic) bond motifs is 2. The summed E-state index contributed by atoms with van der Waals surface area (Å²) in [6.45, 7) is 0.522. The first-order valence-electron chi connectivity index (χ1n) is 7.76. The second-order valence-corrected chi connectivity index (χ2v) is 5.63. The second kappa shape index (κ2) is 5.45. The maximum atomic E-state index is 4.65. The van der Waals surface area contributed by atoms with E-state index in [-0.39, 0.29) is 0 Å². The average Bonchev–Trinajstić information content (AvgIpc) is 3.32. The maximum Gasteiger partial charge on any atom is 0.221 e. The van der Waals surface area contributed by atoms with Crippen molar-refractivity contribution in [2.75, 3.05) is 0 Å². The zero-order valence-corrected chi connectivity index (χ0v) is 13.0. The number of H-pyrrole nitrogens is 1. The number of pyridine rings is 1. The predicted octanol–water partition coefficient (Wildman–Crippen LogP) is 2.21. The number of nitrogens with one attached hydrogen (secondary N) is 1. The molecule has 0 fully saturated rings. The molecule has 0 saturated carbocycles. The van der Waals surface area contributed by atoms with Gasteiger partial charge in [-0.3, -0.25) is 10.1 Å². The molecule has 4 heterocycles. The van der Waals surface area contributed by atoms with Crippen molar-refractivity contribution in [2.24, 2.45) is 0 Å². The van der Waals surface area contributed by atoms with Crippen molar-refractivity contribution in [3.05, 3.63) is 60.7 Å². The summed E-state index contributed by atoms with van der Waals surface area (Å²) in [6, 6.07) is 10.1. The van der Waals surface area contributed by atoms with Crippen molar-refractivity contribution in [1.82, 2.24) is 40.1 Å². The van der Waals surface area contributed by atoms with Gasteiger partial charge in [-0.1, -0.05) is 29.5 Å². The zero-order valence-electron chi connectivity index (χ0n) is 13.0. The van der Waals surface area contributed by atoms with E-state index in [0.717, 1.165) is 27.7 Å². The molecule has 5 rings (SSSR count). The Balaban J connectivity index is 1.62. The molecular weight excluding hydrogens is 316 g/mol. The summed E-state index contributed by atoms with van der Waals surface area (Å²) >= 11 is 0. The van der Waals surface area contributed by atoms with Gasteiger partial charge in [0, 0.05) is 23.3 Å². The van der Waals surface area contributed by atoms with Crippen molar-refractivity contribution >= 4 is 22.2 Å². The molecule has 120 valence electrons. The molecule has 0 saturated heterocycles. The Morgan fingerprint density at radius 1 is 1.04 bits per heavy atom. The first-order chi connectivity index (χ1) is 12.4. The van der Waals surface area contributed by atoms with Crippen LogP contribution in [0.15, 0.2) is 55.1 Å². The van der Waals surface area contributed by atoms with Crippen molar-refractivity contribution < 1.29 is 0 Å². The molecule has 0 atom stereocenters. The van der Waals surface area contributed by atoms with Crippen LogP contribution in [0.25, 0.3) is 33.5 Å². The number of hydrogen-bond donors (Lipinski definition) is 1. The number of aromatic nitrogens is 8. The molecule has 0 radical (unpaired) electrons. The van der Waals surface area contributed by atoms with Crippen molar-refractivity contribution in [2.45, 2.75) is 6.54 Å². The van der Waals surface area contributed by atoms with Crippen LogP contribution in [0.2, 0.25) is 0 Å². The van der Waals surface area contributed by atoms with Gasteiger partial charge in [-0.15, -0.1) is 5.10 Å². The maximum absolute atomic E-state index is 4.65. The minimum absolute atomic E-state index is 0.514. The van der Waals surface area contributed by atoms with Crippen LogP contribution in [-0.4, -0.2) is 40.1 Å². The third kappa shape index (κ3) is 2.31. The molecule has 4 aromatic heterocycles. The molecule has 0 amide bonds. The fourth-order valence-corrected chi connectivity index (χ4v) is 2.85. The molecule has 0 aliphatic heterocycles. The normalized spacial score (nSPS) is 11.4. The summed E-state index contributed by atoms with van der Waals surface area (Å²) < 4.78 is 1.75. The van der Waals surface area contributed by atoms with Crippen LogP contribution in [0.4, 0.5) is 0 Å². The highest BCUT2D eigenvalue weighted by atomic mass is 15.4. The Hall–Kier alpha value is -3.68. The summed E-state index contributed by atoms with van der Waals surface area (Å²) in [7, 11) is 0. The van der Waals surface area contributed by atoms with Gasteiger partial charge in [0.05, 0.1) is 30.1 Å². The first kappa shape index (κ1) is 13.7. The van der Waals surface area contributed by atoms with E-state index < -0.39 is 0 Å². The quantitative estimate of drug-likeness (QED) is 0.545. The Morgan fingerprint density at radius 2 is 2.00 bits per heavy atom. The summed E-state index contributed by atoms with van der Waals surface area (Å²) in [5, 5.41) is 16.1. The predicted molar refractivity (Wildman–Crippen MR) is 91.5 cm³/mol. The number of aromatic amines is 1. The summed E-state index contributed by atoms with van der Waals surface area (Å²) in [5.41, 5.74) is 4.75. The Morgan fingerprint density at radius 3 is 2.92 bits per heavy atom. The van der Waals surface area contributed by atoms with Gasteiger partial charge < -0.3 is 0 Å². The third-order valence-corrected chi connectivity index (χ3v) is 4.06. The van der Waals surface area contributed by atoms with Crippen LogP contribution in [0.5, 0.6) is 0 Å². The molecule has 8 heteroatoms. The van der Waals surface area contributed by atoms with Gasteiger partial charge in [-0.25, -0.2) is 14.6 Å². The van der Waals surface area contributed by atoms with Gasteiger partial charge in [0.1, 0.15) is 0 Å². The number of nitrogens with zero attached hydrogens (tertiary/aromatic N) is 7. The van der Waals surface area contributed by atoms with Crippen molar-refractivity contribution in [3.8, 4) is 11.3 Å². The molecule has 25 heavy (non-hydrogen) atoms. The highest BCUT2D eigenvalue weighted by Gasteiger charge is 2.12. The van der Waals surface area contributed by atoms with Gasteiger partial charge in [0.25, 0.3) is 0 Å². The summed E-state index contributed by atoms with van der Waals surface area (Å²) in [5.74, 6) is 0. The van der Waals surface area contributed by atoms with Crippen LogP contribution in [0, 0.1) is 0 Å². The van der Waals surface area contributed by atoms with E-state index in [1.54, 1.807) is 29.5 Å². The Bertz CT molecular complexity index is 1170. The average molecular weight is 328 g/mol. The number of hydrogen-bond acceptors (Lipinski definition) is 6. The largest absolute Gasteiger partial charge is 0.285 e. The lowest BCUT2D eigenvalue weighted by atomic mass is 10.1. The minimum Gasteiger partial charge on any atom is -0.285 e. The standard InChI is InChI=1S/C17H12N8/c1-3-11-5-2-6-18-15(11)12(4-1)10-25-17-16(23-24-25)19-9-14(22-17)13-7-20-21-8-13/h1-9H,10H2,(H,20,21). The fraction of sp³-hybridized carbons (Fsp3) is 0.0588. The Kier molecular flexibility index (Phi) is 2.99. The molecule has 1 aromatic carbocycles. The molecule has 1 N–H and O–H groups in total. The van der Waals surface area contributed by atoms with Crippen LogP contribution in [0.1, 0.15) is 5.56 Å². The smallest absolute Gasteiger partial charge is 0.221 e. The number of benzene rings is 1. The third-order valence-electron chi connectivity index (χ3n) is 4.06. The van der Waals surface area contributed by atoms with E-state index in [1.165, 1.54) is 0 Å². The van der Waals surface area contributed by atoms with E-state index in [0.29, 0.717) is 17.8 Å². The van der Waals surface area contributed by atoms with Gasteiger partial charge in [-0.05, 0) is 11.6 Å². The molecule has 5 aromatic rings. The minimum atomic E-state index is 0.514. The molecule has 8 nitrogen and oxygen atoms in total. The van der Waals surface area contributed by atoms with Gasteiger partial charge in [0.15, 0.2) is 5.65 Å². The van der Waals surface area contributed by atoms with E-state index in [4.69, 9.17) is 0 Å². The summed E-state index contributed by atoms with van der Waals surface area (Å²) in [6.07, 6.45) is 6.95. The lowest BCUT2D eigenvalue weighted by Crippen LogP contribution is -2.04. The molecule has 0 bridgehead atoms. The number of rotatable bonds is 3. The lowest BCUT2D eigenvalue weighted by Gasteiger charge is -2.06. The van der Waals surface area contributed by atoms with Gasteiger partial charge in [-0.2, -0.15) is 5.10 Å². The van der Waals surface area contributed by atoms with Crippen molar-refractivity contribution in [3.63, 3.8) is 0 Å². The second-order valence-electron chi connectivity index (χ2n) is 5.63. The molecular formula is C17H12N8. The first-order valence-corrected chi connectivity index (χ1v) is 7.76. The lowest BCUT2D eigenvalue weighted by molar-refractivity contribution is 0.666. The van der Waals surface area contributed by atoms with Crippen LogP contribution >= 0.6 is 0 Å². The van der Waals surface area contributed by atoms with Gasteiger partial charge in [0.2, 0.25) is 5.65 Å². The van der Waals surface area contributed by atoms with E-state index in [1.807, 2.05) is 30.3 Å². The Labute approximate surface area is 141 Å². The molecule has 0 unspecified atom stereocenters. The van der Waals surface area contributed by atoms with E-state index in [2.05, 4.69) is 35.5 Å². The zero-order chi connectivity index (χ0) is 16.6. The van der Waals surface area contributed by atoms with Crippen LogP contribution in [-0.2, 0) is 6.54 Å². The molecule has 0 aliphatic rings. The molecule has 0 spiro atoms. The summed E-state index contributed by atoms with van der Waals surface area (Å²) in [4.78, 5) is 13.5. The number of para-hydroxylation sites is 1.